The van der Waals surface area contributed by atoms with Crippen LogP contribution in [-0.2, 0) is 6.42 Å². The molecule has 20 heavy (non-hydrogen) atoms. The zero-order valence-electron chi connectivity index (χ0n) is 11.8. The molecule has 2 heterocycles. The van der Waals surface area contributed by atoms with E-state index < -0.39 is 0 Å². The molecule has 2 aromatic rings. The van der Waals surface area contributed by atoms with E-state index in [2.05, 4.69) is 20.9 Å². The molecule has 0 aliphatic heterocycles. The summed E-state index contributed by atoms with van der Waals surface area (Å²) < 4.78 is 2.24. The lowest BCUT2D eigenvalue weighted by Crippen LogP contribution is -2.29. The minimum atomic E-state index is 0.692. The van der Waals surface area contributed by atoms with Crippen molar-refractivity contribution in [1.82, 2.24) is 9.38 Å². The second kappa shape index (κ2) is 5.04. The number of hydrogen-bond acceptors (Lipinski definition) is 4. The second-order valence-electron chi connectivity index (χ2n) is 6.27. The summed E-state index contributed by atoms with van der Waals surface area (Å²) in [6, 6.07) is 0. The van der Waals surface area contributed by atoms with Crippen molar-refractivity contribution in [2.24, 2.45) is 17.6 Å². The van der Waals surface area contributed by atoms with Crippen LogP contribution in [0.3, 0.4) is 0 Å². The molecule has 0 aromatic carbocycles. The van der Waals surface area contributed by atoms with Gasteiger partial charge >= 0.3 is 0 Å². The molecular formula is C15H22N4S. The molecule has 2 fully saturated rings. The van der Waals surface area contributed by atoms with Crippen LogP contribution < -0.4 is 10.6 Å². The number of fused-ring (bicyclic) bond motifs is 1. The van der Waals surface area contributed by atoms with E-state index in [4.69, 9.17) is 10.7 Å². The fourth-order valence-electron chi connectivity index (χ4n) is 2.92. The third kappa shape index (κ3) is 2.44. The largest absolute Gasteiger partial charge is 0.355 e. The van der Waals surface area contributed by atoms with E-state index in [0.717, 1.165) is 23.2 Å². The molecule has 2 aliphatic carbocycles. The molecule has 2 N–H and O–H groups in total. The summed E-state index contributed by atoms with van der Waals surface area (Å²) in [6.45, 7) is 3.08. The number of thiazole rings is 1. The van der Waals surface area contributed by atoms with Crippen molar-refractivity contribution in [3.8, 4) is 0 Å². The molecule has 0 radical (unpaired) electrons. The Bertz CT molecular complexity index is 580. The van der Waals surface area contributed by atoms with E-state index in [1.807, 2.05) is 0 Å². The molecule has 0 amide bonds. The van der Waals surface area contributed by atoms with Gasteiger partial charge in [-0.1, -0.05) is 0 Å². The van der Waals surface area contributed by atoms with Gasteiger partial charge in [0, 0.05) is 31.1 Å². The summed E-state index contributed by atoms with van der Waals surface area (Å²) in [6.07, 6.45) is 8.64. The smallest absolute Gasteiger partial charge is 0.195 e. The number of imidazole rings is 1. The lowest BCUT2D eigenvalue weighted by atomic mass is 10.2. The maximum atomic E-state index is 5.82. The van der Waals surface area contributed by atoms with Crippen LogP contribution in [0.4, 0.5) is 5.82 Å². The predicted octanol–water partition coefficient (Wildman–Crippen LogP) is 2.52. The van der Waals surface area contributed by atoms with Gasteiger partial charge in [0.25, 0.3) is 0 Å². The SMILES string of the molecule is NCCc1c(N(CC2CC2)CC2CC2)nc2sccn12. The summed E-state index contributed by atoms with van der Waals surface area (Å²) in [5.74, 6) is 3.01. The Morgan fingerprint density at radius 2 is 1.95 bits per heavy atom. The van der Waals surface area contributed by atoms with Crippen molar-refractivity contribution in [3.05, 3.63) is 17.3 Å². The molecule has 2 saturated carbocycles. The fraction of sp³-hybridized carbons (Fsp3) is 0.667. The quantitative estimate of drug-likeness (QED) is 0.852. The topological polar surface area (TPSA) is 46.6 Å². The number of nitrogens with zero attached hydrogens (tertiary/aromatic N) is 3. The maximum absolute atomic E-state index is 5.82. The average Bonchev–Trinajstić information content (AvgIpc) is 3.34. The first kappa shape index (κ1) is 12.7. The minimum absolute atomic E-state index is 0.692. The predicted molar refractivity (Wildman–Crippen MR) is 83.5 cm³/mol. The van der Waals surface area contributed by atoms with Crippen molar-refractivity contribution in [2.45, 2.75) is 32.1 Å². The number of nitrogens with two attached hydrogens (primary N) is 1. The Balaban J connectivity index is 1.67. The van der Waals surface area contributed by atoms with Gasteiger partial charge in [-0.05, 0) is 44.1 Å². The van der Waals surface area contributed by atoms with Crippen LogP contribution in [0.25, 0.3) is 4.96 Å². The molecule has 0 spiro atoms. The van der Waals surface area contributed by atoms with E-state index >= 15 is 0 Å². The summed E-state index contributed by atoms with van der Waals surface area (Å²) in [5, 5.41) is 2.11. The highest BCUT2D eigenvalue weighted by Crippen LogP contribution is 2.37. The molecule has 2 aromatic heterocycles. The molecule has 4 nitrogen and oxygen atoms in total. The van der Waals surface area contributed by atoms with Gasteiger partial charge in [-0.25, -0.2) is 4.98 Å². The van der Waals surface area contributed by atoms with Crippen LogP contribution in [-0.4, -0.2) is 29.0 Å². The first-order valence-electron chi connectivity index (χ1n) is 7.74. The zero-order chi connectivity index (χ0) is 13.5. The first-order valence-corrected chi connectivity index (χ1v) is 8.62. The van der Waals surface area contributed by atoms with Crippen LogP contribution >= 0.6 is 11.3 Å². The molecule has 108 valence electrons. The lowest BCUT2D eigenvalue weighted by Gasteiger charge is -2.23. The Labute approximate surface area is 123 Å². The van der Waals surface area contributed by atoms with Crippen LogP contribution in [0, 0.1) is 11.8 Å². The van der Waals surface area contributed by atoms with Gasteiger partial charge in [-0.3, -0.25) is 4.40 Å². The number of hydrogen-bond donors (Lipinski definition) is 1. The fourth-order valence-corrected chi connectivity index (χ4v) is 3.64. The second-order valence-corrected chi connectivity index (χ2v) is 7.14. The Morgan fingerprint density at radius 1 is 1.25 bits per heavy atom. The van der Waals surface area contributed by atoms with Crippen molar-refractivity contribution in [1.29, 1.82) is 0 Å². The van der Waals surface area contributed by atoms with Crippen LogP contribution in [0.2, 0.25) is 0 Å². The normalized spacial score (nSPS) is 18.9. The number of anilines is 1. The van der Waals surface area contributed by atoms with Gasteiger partial charge in [0.15, 0.2) is 10.8 Å². The Kier molecular flexibility index (Phi) is 3.19. The molecule has 2 aliphatic rings. The Morgan fingerprint density at radius 3 is 2.55 bits per heavy atom. The summed E-state index contributed by atoms with van der Waals surface area (Å²) >= 11 is 1.72. The van der Waals surface area contributed by atoms with E-state index in [0.29, 0.717) is 6.54 Å². The van der Waals surface area contributed by atoms with Crippen molar-refractivity contribution in [2.75, 3.05) is 24.5 Å². The van der Waals surface area contributed by atoms with Crippen molar-refractivity contribution >= 4 is 22.1 Å². The van der Waals surface area contributed by atoms with E-state index in [9.17, 15) is 0 Å². The van der Waals surface area contributed by atoms with Crippen LogP contribution in [0.5, 0.6) is 0 Å². The molecule has 0 atom stereocenters. The highest BCUT2D eigenvalue weighted by Gasteiger charge is 2.31. The summed E-state index contributed by atoms with van der Waals surface area (Å²) in [7, 11) is 0. The number of rotatable bonds is 7. The molecule has 0 saturated heterocycles. The van der Waals surface area contributed by atoms with E-state index in [1.165, 1.54) is 50.3 Å². The van der Waals surface area contributed by atoms with Gasteiger partial charge in [-0.15, -0.1) is 11.3 Å². The number of aromatic nitrogens is 2. The highest BCUT2D eigenvalue weighted by atomic mass is 32.1. The van der Waals surface area contributed by atoms with Gasteiger partial charge in [-0.2, -0.15) is 0 Å². The summed E-state index contributed by atoms with van der Waals surface area (Å²) in [5.41, 5.74) is 7.13. The third-order valence-corrected chi connectivity index (χ3v) is 5.13. The molecule has 0 unspecified atom stereocenters. The third-order valence-electron chi connectivity index (χ3n) is 4.37. The first-order chi connectivity index (χ1) is 9.85. The summed E-state index contributed by atoms with van der Waals surface area (Å²) in [4.78, 5) is 8.57. The maximum Gasteiger partial charge on any atom is 0.195 e. The van der Waals surface area contributed by atoms with Crippen molar-refractivity contribution in [3.63, 3.8) is 0 Å². The lowest BCUT2D eigenvalue weighted by molar-refractivity contribution is 0.668. The van der Waals surface area contributed by atoms with E-state index in [-0.39, 0.29) is 0 Å². The van der Waals surface area contributed by atoms with E-state index in [1.54, 1.807) is 11.3 Å². The van der Waals surface area contributed by atoms with Gasteiger partial charge < -0.3 is 10.6 Å². The van der Waals surface area contributed by atoms with Gasteiger partial charge in [0.1, 0.15) is 0 Å². The van der Waals surface area contributed by atoms with Gasteiger partial charge in [0.2, 0.25) is 0 Å². The van der Waals surface area contributed by atoms with Crippen molar-refractivity contribution < 1.29 is 0 Å². The highest BCUT2D eigenvalue weighted by molar-refractivity contribution is 7.15. The minimum Gasteiger partial charge on any atom is -0.355 e. The Hall–Kier alpha value is -1.07. The zero-order valence-corrected chi connectivity index (χ0v) is 12.6. The van der Waals surface area contributed by atoms with Gasteiger partial charge in [0.05, 0.1) is 5.69 Å². The monoisotopic (exact) mass is 290 g/mol. The molecule has 5 heteroatoms. The standard InChI is InChI=1S/C15H22N4S/c16-6-5-13-14(17-15-19(13)7-8-20-15)18(9-11-1-2-11)10-12-3-4-12/h7-8,11-12H,1-6,9-10,16H2. The molecule has 0 bridgehead atoms. The average molecular weight is 290 g/mol. The molecular weight excluding hydrogens is 268 g/mol. The van der Waals surface area contributed by atoms with Crippen LogP contribution in [0.1, 0.15) is 31.4 Å². The molecule has 4 rings (SSSR count). The van der Waals surface area contributed by atoms with Crippen LogP contribution in [0.15, 0.2) is 11.6 Å².